The average molecular weight is 410 g/mol. The lowest BCUT2D eigenvalue weighted by molar-refractivity contribution is 0.0951. The highest BCUT2D eigenvalue weighted by molar-refractivity contribution is 5.97. The second-order valence-corrected chi connectivity index (χ2v) is 5.89. The number of hydrazone groups is 1. The average Bonchev–Trinajstić information content (AvgIpc) is 2.76. The third kappa shape index (κ3) is 4.85. The van der Waals surface area contributed by atoms with Crippen molar-refractivity contribution in [1.82, 2.24) is 20.4 Å². The number of nitrogens with two attached hydrogens (primary N) is 1. The lowest BCUT2D eigenvalue weighted by Crippen LogP contribution is -2.21. The van der Waals surface area contributed by atoms with Crippen molar-refractivity contribution in [2.24, 2.45) is 5.10 Å². The molecule has 3 aromatic rings. The van der Waals surface area contributed by atoms with Gasteiger partial charge in [-0.25, -0.2) is 24.8 Å². The first-order valence-corrected chi connectivity index (χ1v) is 8.90. The van der Waals surface area contributed by atoms with Gasteiger partial charge in [0.1, 0.15) is 11.6 Å². The number of pyridine rings is 1. The number of ether oxygens (including phenoxy) is 2. The molecule has 1 aromatic carbocycles. The normalized spacial score (nSPS) is 10.8. The smallest absolute Gasteiger partial charge is 0.293 e. The summed E-state index contributed by atoms with van der Waals surface area (Å²) < 4.78 is 24.2. The molecule has 0 fully saturated rings. The SMILES string of the molecule is CCOc1ccc(-c2cnc(N)c(C(=O)N/N=C/c3cc(OC)ccc3F)n2)cn1. The van der Waals surface area contributed by atoms with E-state index in [-0.39, 0.29) is 17.1 Å². The van der Waals surface area contributed by atoms with Gasteiger partial charge < -0.3 is 15.2 Å². The molecule has 0 saturated heterocycles. The Bertz CT molecular complexity index is 1070. The van der Waals surface area contributed by atoms with E-state index in [1.165, 1.54) is 31.5 Å². The zero-order valence-electron chi connectivity index (χ0n) is 16.3. The number of amides is 1. The number of nitrogens with zero attached hydrogens (tertiary/aromatic N) is 4. The maximum atomic E-state index is 13.8. The maximum Gasteiger partial charge on any atom is 0.293 e. The summed E-state index contributed by atoms with van der Waals surface area (Å²) in [6, 6.07) is 7.58. The number of hydrogen-bond donors (Lipinski definition) is 2. The number of carbonyl (C=O) groups excluding carboxylic acids is 1. The number of methoxy groups -OCH3 is 1. The fourth-order valence-electron chi connectivity index (χ4n) is 2.43. The maximum absolute atomic E-state index is 13.8. The van der Waals surface area contributed by atoms with E-state index < -0.39 is 11.7 Å². The van der Waals surface area contributed by atoms with E-state index in [0.717, 1.165) is 6.21 Å². The molecule has 2 heterocycles. The lowest BCUT2D eigenvalue weighted by atomic mass is 10.2. The summed E-state index contributed by atoms with van der Waals surface area (Å²) in [5.74, 6) is -0.353. The highest BCUT2D eigenvalue weighted by Gasteiger charge is 2.14. The molecule has 10 heteroatoms. The predicted molar refractivity (Wildman–Crippen MR) is 109 cm³/mol. The van der Waals surface area contributed by atoms with E-state index in [4.69, 9.17) is 15.2 Å². The van der Waals surface area contributed by atoms with Gasteiger partial charge >= 0.3 is 0 Å². The van der Waals surface area contributed by atoms with Gasteiger partial charge in [-0.1, -0.05) is 0 Å². The summed E-state index contributed by atoms with van der Waals surface area (Å²) in [4.78, 5) is 24.8. The Hall–Kier alpha value is -4.08. The quantitative estimate of drug-likeness (QED) is 0.453. The largest absolute Gasteiger partial charge is 0.497 e. The van der Waals surface area contributed by atoms with Crippen LogP contribution in [0.2, 0.25) is 0 Å². The summed E-state index contributed by atoms with van der Waals surface area (Å²) >= 11 is 0. The van der Waals surface area contributed by atoms with Crippen molar-refractivity contribution >= 4 is 17.9 Å². The van der Waals surface area contributed by atoms with Crippen molar-refractivity contribution in [3.63, 3.8) is 0 Å². The van der Waals surface area contributed by atoms with Crippen LogP contribution in [0.25, 0.3) is 11.3 Å². The molecule has 3 N–H and O–H groups in total. The first kappa shape index (κ1) is 20.6. The molecule has 0 aliphatic carbocycles. The minimum Gasteiger partial charge on any atom is -0.497 e. The molecule has 0 saturated carbocycles. The first-order valence-electron chi connectivity index (χ1n) is 8.90. The van der Waals surface area contributed by atoms with E-state index in [1.807, 2.05) is 6.92 Å². The number of nitrogen functional groups attached to an aromatic ring is 1. The van der Waals surface area contributed by atoms with Crippen molar-refractivity contribution in [2.45, 2.75) is 6.92 Å². The Morgan fingerprint density at radius 3 is 2.80 bits per heavy atom. The number of carbonyl (C=O) groups is 1. The molecular weight excluding hydrogens is 391 g/mol. The van der Waals surface area contributed by atoms with E-state index in [0.29, 0.717) is 29.5 Å². The van der Waals surface area contributed by atoms with E-state index in [1.54, 1.807) is 18.3 Å². The van der Waals surface area contributed by atoms with Crippen LogP contribution in [-0.4, -0.2) is 40.8 Å². The summed E-state index contributed by atoms with van der Waals surface area (Å²) in [5, 5.41) is 3.76. The molecule has 0 aliphatic heterocycles. The molecule has 0 radical (unpaired) electrons. The fraction of sp³-hybridized carbons (Fsp3) is 0.150. The molecule has 0 aliphatic rings. The Kier molecular flexibility index (Phi) is 6.48. The van der Waals surface area contributed by atoms with Gasteiger partial charge in [0.05, 0.1) is 31.8 Å². The van der Waals surface area contributed by atoms with Crippen LogP contribution in [0.1, 0.15) is 23.0 Å². The number of benzene rings is 1. The second-order valence-electron chi connectivity index (χ2n) is 5.89. The molecular formula is C20H19FN6O3. The monoisotopic (exact) mass is 410 g/mol. The van der Waals surface area contributed by atoms with Crippen LogP contribution >= 0.6 is 0 Å². The number of aromatic nitrogens is 3. The number of rotatable bonds is 7. The zero-order valence-corrected chi connectivity index (χ0v) is 16.3. The number of anilines is 1. The molecule has 30 heavy (non-hydrogen) atoms. The number of hydrogen-bond acceptors (Lipinski definition) is 8. The minimum atomic E-state index is -0.694. The summed E-state index contributed by atoms with van der Waals surface area (Å²) in [6.07, 6.45) is 4.13. The highest BCUT2D eigenvalue weighted by Crippen LogP contribution is 2.20. The van der Waals surface area contributed by atoms with E-state index in [9.17, 15) is 9.18 Å². The van der Waals surface area contributed by atoms with Gasteiger partial charge in [-0.2, -0.15) is 5.10 Å². The van der Waals surface area contributed by atoms with Gasteiger partial charge in [-0.3, -0.25) is 4.79 Å². The van der Waals surface area contributed by atoms with Gasteiger partial charge in [-0.05, 0) is 31.2 Å². The fourth-order valence-corrected chi connectivity index (χ4v) is 2.43. The van der Waals surface area contributed by atoms with Crippen LogP contribution in [0.4, 0.5) is 10.2 Å². The molecule has 0 unspecified atom stereocenters. The van der Waals surface area contributed by atoms with Crippen LogP contribution in [0, 0.1) is 5.82 Å². The second kappa shape index (κ2) is 9.41. The van der Waals surface area contributed by atoms with Gasteiger partial charge in [0.25, 0.3) is 5.91 Å². The lowest BCUT2D eigenvalue weighted by Gasteiger charge is -2.07. The van der Waals surface area contributed by atoms with Gasteiger partial charge in [0.15, 0.2) is 11.5 Å². The third-order valence-electron chi connectivity index (χ3n) is 3.91. The first-order chi connectivity index (χ1) is 14.5. The number of nitrogens with one attached hydrogen (secondary N) is 1. The molecule has 0 bridgehead atoms. The van der Waals surface area contributed by atoms with Crippen LogP contribution in [0.3, 0.4) is 0 Å². The highest BCUT2D eigenvalue weighted by atomic mass is 19.1. The molecule has 9 nitrogen and oxygen atoms in total. The van der Waals surface area contributed by atoms with Gasteiger partial charge in [0, 0.05) is 23.4 Å². The van der Waals surface area contributed by atoms with Crippen LogP contribution in [-0.2, 0) is 0 Å². The van der Waals surface area contributed by atoms with Crippen LogP contribution in [0.15, 0.2) is 47.8 Å². The van der Waals surface area contributed by atoms with E-state index >= 15 is 0 Å². The molecule has 0 spiro atoms. The molecule has 1 amide bonds. The van der Waals surface area contributed by atoms with Gasteiger partial charge in [0.2, 0.25) is 5.88 Å². The van der Waals surface area contributed by atoms with Crippen molar-refractivity contribution in [2.75, 3.05) is 19.5 Å². The molecule has 2 aromatic heterocycles. The van der Waals surface area contributed by atoms with Crippen molar-refractivity contribution in [3.8, 4) is 22.9 Å². The summed E-state index contributed by atoms with van der Waals surface area (Å²) in [7, 11) is 1.46. The Morgan fingerprint density at radius 2 is 2.10 bits per heavy atom. The number of halogens is 1. The molecule has 0 atom stereocenters. The Labute approximate surface area is 171 Å². The standard InChI is InChI=1S/C20H19FN6O3/c1-3-30-17-7-4-12(9-23-17)16-11-24-19(22)18(26-16)20(28)27-25-10-13-8-14(29-2)5-6-15(13)21/h4-11H,3H2,1-2H3,(H2,22,24)(H,27,28)/b25-10+. The molecule has 3 rings (SSSR count). The molecule has 154 valence electrons. The predicted octanol–water partition coefficient (Wildman–Crippen LogP) is 2.43. The summed E-state index contributed by atoms with van der Waals surface area (Å²) in [5.41, 5.74) is 9.08. The van der Waals surface area contributed by atoms with Crippen LogP contribution < -0.4 is 20.6 Å². The Balaban J connectivity index is 1.77. The van der Waals surface area contributed by atoms with Crippen molar-refractivity contribution in [3.05, 3.63) is 59.8 Å². The summed E-state index contributed by atoms with van der Waals surface area (Å²) in [6.45, 7) is 2.36. The van der Waals surface area contributed by atoms with E-state index in [2.05, 4.69) is 25.5 Å². The third-order valence-corrected chi connectivity index (χ3v) is 3.91. The Morgan fingerprint density at radius 1 is 1.27 bits per heavy atom. The zero-order chi connectivity index (χ0) is 21.5. The van der Waals surface area contributed by atoms with Gasteiger partial charge in [-0.15, -0.1) is 0 Å². The van der Waals surface area contributed by atoms with Crippen molar-refractivity contribution in [1.29, 1.82) is 0 Å². The van der Waals surface area contributed by atoms with Crippen molar-refractivity contribution < 1.29 is 18.7 Å². The van der Waals surface area contributed by atoms with Crippen LogP contribution in [0.5, 0.6) is 11.6 Å². The minimum absolute atomic E-state index is 0.0714. The topological polar surface area (TPSA) is 125 Å².